The Balaban J connectivity index is 1.81. The van der Waals surface area contributed by atoms with Crippen LogP contribution in [0.15, 0.2) is 30.4 Å². The average molecular weight is 545 g/mol. The molecule has 9 nitrogen and oxygen atoms in total. The molecular weight excluding hydrogens is 503 g/mol. The molecule has 10 heteroatoms. The highest BCUT2D eigenvalue weighted by Gasteiger charge is 2.27. The molecule has 0 bridgehead atoms. The van der Waals surface area contributed by atoms with Gasteiger partial charge < -0.3 is 16.0 Å². The minimum Gasteiger partial charge on any atom is -0.344 e. The second-order valence-electron chi connectivity index (χ2n) is 11.5. The highest BCUT2D eigenvalue weighted by atomic mass is 19.1. The van der Waals surface area contributed by atoms with Crippen LogP contribution >= 0.6 is 0 Å². The van der Waals surface area contributed by atoms with Gasteiger partial charge in [-0.3, -0.25) is 28.9 Å². The van der Waals surface area contributed by atoms with Crippen molar-refractivity contribution in [1.82, 2.24) is 15.5 Å². The van der Waals surface area contributed by atoms with E-state index in [1.54, 1.807) is 19.9 Å². The third-order valence-corrected chi connectivity index (χ3v) is 6.23. The highest BCUT2D eigenvalue weighted by Crippen LogP contribution is 2.23. The number of amides is 5. The van der Waals surface area contributed by atoms with Gasteiger partial charge in [-0.15, -0.1) is 0 Å². The van der Waals surface area contributed by atoms with Gasteiger partial charge in [0, 0.05) is 25.1 Å². The SMILES string of the molecule is CC(C)[C@H](NC(=O)CCCCCN1C(=O)C=CC1=O)C(=O)N[C@@H](C)C(=O)Nc1ccc(CC(C)(C)C)cc1F. The first-order chi connectivity index (χ1) is 18.2. The van der Waals surface area contributed by atoms with Gasteiger partial charge in [0.1, 0.15) is 17.9 Å². The molecule has 0 fully saturated rings. The second-order valence-corrected chi connectivity index (χ2v) is 11.5. The number of nitrogens with one attached hydrogen (secondary N) is 3. The van der Waals surface area contributed by atoms with Gasteiger partial charge in [0.25, 0.3) is 11.8 Å². The molecule has 3 N–H and O–H groups in total. The molecule has 5 amide bonds. The molecule has 0 radical (unpaired) electrons. The van der Waals surface area contributed by atoms with Crippen LogP contribution < -0.4 is 16.0 Å². The Kier molecular flexibility index (Phi) is 11.4. The number of nitrogens with zero attached hydrogens (tertiary/aromatic N) is 1. The molecule has 0 aliphatic carbocycles. The molecule has 1 aliphatic rings. The lowest BCUT2D eigenvalue weighted by atomic mass is 9.88. The minimum atomic E-state index is -0.963. The molecule has 1 aliphatic heterocycles. The van der Waals surface area contributed by atoms with E-state index in [4.69, 9.17) is 0 Å². The molecule has 1 aromatic rings. The number of imide groups is 1. The van der Waals surface area contributed by atoms with Gasteiger partial charge in [-0.05, 0) is 55.2 Å². The van der Waals surface area contributed by atoms with Crippen LogP contribution in [0, 0.1) is 17.2 Å². The van der Waals surface area contributed by atoms with Gasteiger partial charge in [-0.2, -0.15) is 0 Å². The molecule has 1 heterocycles. The predicted octanol–water partition coefficient (Wildman–Crippen LogP) is 3.48. The van der Waals surface area contributed by atoms with Crippen molar-refractivity contribution in [3.8, 4) is 0 Å². The summed E-state index contributed by atoms with van der Waals surface area (Å²) in [6.45, 7) is 11.5. The van der Waals surface area contributed by atoms with E-state index >= 15 is 0 Å². The summed E-state index contributed by atoms with van der Waals surface area (Å²) in [6, 6.07) is 2.86. The van der Waals surface area contributed by atoms with E-state index in [0.717, 1.165) is 10.5 Å². The van der Waals surface area contributed by atoms with E-state index in [1.165, 1.54) is 31.2 Å². The van der Waals surface area contributed by atoms with E-state index in [-0.39, 0.29) is 41.2 Å². The Hall–Kier alpha value is -3.56. The molecule has 0 unspecified atom stereocenters. The molecule has 2 atom stereocenters. The van der Waals surface area contributed by atoms with Crippen molar-refractivity contribution in [3.63, 3.8) is 0 Å². The molecule has 0 spiro atoms. The van der Waals surface area contributed by atoms with Crippen molar-refractivity contribution in [2.24, 2.45) is 11.3 Å². The zero-order valence-electron chi connectivity index (χ0n) is 23.7. The predicted molar refractivity (Wildman–Crippen MR) is 147 cm³/mol. The van der Waals surface area contributed by atoms with E-state index in [0.29, 0.717) is 32.2 Å². The van der Waals surface area contributed by atoms with Crippen LogP contribution in [-0.2, 0) is 30.4 Å². The number of hydrogen-bond donors (Lipinski definition) is 3. The summed E-state index contributed by atoms with van der Waals surface area (Å²) >= 11 is 0. The Morgan fingerprint density at radius 3 is 2.13 bits per heavy atom. The maximum absolute atomic E-state index is 14.6. The molecular formula is C29H41FN4O5. The quantitative estimate of drug-likeness (QED) is 0.259. The summed E-state index contributed by atoms with van der Waals surface area (Å²) in [6.07, 6.45) is 5.08. The van der Waals surface area contributed by atoms with Gasteiger partial charge >= 0.3 is 0 Å². The average Bonchev–Trinajstić information content (AvgIpc) is 3.14. The van der Waals surface area contributed by atoms with Crippen LogP contribution in [0.5, 0.6) is 0 Å². The fraction of sp³-hybridized carbons (Fsp3) is 0.552. The maximum atomic E-state index is 14.6. The number of carbonyl (C=O) groups is 5. The summed E-state index contributed by atoms with van der Waals surface area (Å²) in [5.41, 5.74) is 0.846. The number of hydrogen-bond acceptors (Lipinski definition) is 5. The van der Waals surface area contributed by atoms with Crippen LogP contribution in [0.2, 0.25) is 0 Å². The summed E-state index contributed by atoms with van der Waals surface area (Å²) in [5, 5.41) is 7.83. The normalized spacial score (nSPS) is 14.9. The van der Waals surface area contributed by atoms with Gasteiger partial charge in [-0.25, -0.2) is 4.39 Å². The van der Waals surface area contributed by atoms with Gasteiger partial charge in [0.2, 0.25) is 17.7 Å². The lowest BCUT2D eigenvalue weighted by Crippen LogP contribution is -2.53. The zero-order chi connectivity index (χ0) is 29.3. The molecule has 0 aromatic heterocycles. The first kappa shape index (κ1) is 31.7. The van der Waals surface area contributed by atoms with Gasteiger partial charge in [-0.1, -0.05) is 47.1 Å². The first-order valence-electron chi connectivity index (χ1n) is 13.4. The fourth-order valence-electron chi connectivity index (χ4n) is 4.16. The van der Waals surface area contributed by atoms with Crippen LogP contribution in [0.1, 0.15) is 72.8 Å². The number of halogens is 1. The number of rotatable bonds is 13. The summed E-state index contributed by atoms with van der Waals surface area (Å²) in [7, 11) is 0. The van der Waals surface area contributed by atoms with Crippen molar-refractivity contribution >= 4 is 35.2 Å². The number of anilines is 1. The van der Waals surface area contributed by atoms with Crippen molar-refractivity contribution in [2.75, 3.05) is 11.9 Å². The van der Waals surface area contributed by atoms with E-state index in [1.807, 2.05) is 0 Å². The summed E-state index contributed by atoms with van der Waals surface area (Å²) in [4.78, 5) is 62.2. The molecule has 2 rings (SSSR count). The Morgan fingerprint density at radius 2 is 1.56 bits per heavy atom. The van der Waals surface area contributed by atoms with Crippen LogP contribution in [-0.4, -0.2) is 53.1 Å². The van der Waals surface area contributed by atoms with Crippen LogP contribution in [0.4, 0.5) is 10.1 Å². The summed E-state index contributed by atoms with van der Waals surface area (Å²) in [5.74, 6) is -2.85. The third-order valence-electron chi connectivity index (χ3n) is 6.23. The summed E-state index contributed by atoms with van der Waals surface area (Å²) < 4.78 is 14.6. The molecule has 214 valence electrons. The second kappa shape index (κ2) is 14.0. The lowest BCUT2D eigenvalue weighted by molar-refractivity contribution is -0.137. The lowest BCUT2D eigenvalue weighted by Gasteiger charge is -2.24. The molecule has 1 aromatic carbocycles. The first-order valence-corrected chi connectivity index (χ1v) is 13.4. The topological polar surface area (TPSA) is 125 Å². The number of benzene rings is 1. The Bertz CT molecular complexity index is 1090. The van der Waals surface area contributed by atoms with Crippen molar-refractivity contribution in [2.45, 2.75) is 85.7 Å². The smallest absolute Gasteiger partial charge is 0.253 e. The maximum Gasteiger partial charge on any atom is 0.253 e. The van der Waals surface area contributed by atoms with Gasteiger partial charge in [0.15, 0.2) is 0 Å². The van der Waals surface area contributed by atoms with Crippen molar-refractivity contribution in [3.05, 3.63) is 41.7 Å². The monoisotopic (exact) mass is 544 g/mol. The van der Waals surface area contributed by atoms with E-state index in [9.17, 15) is 28.4 Å². The Morgan fingerprint density at radius 1 is 0.923 bits per heavy atom. The third kappa shape index (κ3) is 10.3. The van der Waals surface area contributed by atoms with Crippen LogP contribution in [0.25, 0.3) is 0 Å². The minimum absolute atomic E-state index is 0.00704. The molecule has 39 heavy (non-hydrogen) atoms. The van der Waals surface area contributed by atoms with Crippen molar-refractivity contribution < 1.29 is 28.4 Å². The van der Waals surface area contributed by atoms with Crippen LogP contribution in [0.3, 0.4) is 0 Å². The molecule has 0 saturated heterocycles. The van der Waals surface area contributed by atoms with E-state index in [2.05, 4.69) is 36.7 Å². The fourth-order valence-corrected chi connectivity index (χ4v) is 4.16. The van der Waals surface area contributed by atoms with E-state index < -0.39 is 29.7 Å². The van der Waals surface area contributed by atoms with Crippen molar-refractivity contribution in [1.29, 1.82) is 0 Å². The standard InChI is InChI=1S/C29H41FN4O5/c1-18(2)26(33-23(35)10-8-7-9-15-34-24(36)13-14-25(34)37)28(39)31-19(3)27(38)32-22-12-11-20(16-21(22)30)17-29(4,5)6/h11-14,16,18-19,26H,7-10,15,17H2,1-6H3,(H,31,39)(H,32,38)(H,33,35)/t19-,26-/m0/s1. The number of carbonyl (C=O) groups excluding carboxylic acids is 5. The Labute approximate surface area is 230 Å². The zero-order valence-corrected chi connectivity index (χ0v) is 23.7. The highest BCUT2D eigenvalue weighted by molar-refractivity contribution is 6.12. The number of unbranched alkanes of at least 4 members (excludes halogenated alkanes) is 2. The largest absolute Gasteiger partial charge is 0.344 e. The van der Waals surface area contributed by atoms with Gasteiger partial charge in [0.05, 0.1) is 5.69 Å². The molecule has 0 saturated carbocycles.